The maximum Gasteiger partial charge on any atom is 0.332 e. The molecule has 0 atom stereocenters. The quantitative estimate of drug-likeness (QED) is 0.510. The molecule has 0 saturated heterocycles. The predicted molar refractivity (Wildman–Crippen MR) is 111 cm³/mol. The number of fused-ring (bicyclic) bond motifs is 1. The highest BCUT2D eigenvalue weighted by atomic mass is 35.5. The van der Waals surface area contributed by atoms with E-state index in [0.717, 1.165) is 10.1 Å². The van der Waals surface area contributed by atoms with Gasteiger partial charge in [-0.05, 0) is 35.2 Å². The number of benzene rings is 1. The van der Waals surface area contributed by atoms with Crippen LogP contribution in [0.4, 0.5) is 0 Å². The van der Waals surface area contributed by atoms with Crippen molar-refractivity contribution in [3.8, 4) is 0 Å². The van der Waals surface area contributed by atoms with Gasteiger partial charge in [0.1, 0.15) is 17.0 Å². The van der Waals surface area contributed by atoms with Gasteiger partial charge in [0.15, 0.2) is 0 Å². The van der Waals surface area contributed by atoms with Gasteiger partial charge in [-0.15, -0.1) is 11.3 Å². The average Bonchev–Trinajstić information content (AvgIpc) is 3.40. The number of furan rings is 1. The second-order valence-electron chi connectivity index (χ2n) is 6.34. The molecule has 0 aliphatic carbocycles. The van der Waals surface area contributed by atoms with E-state index < -0.39 is 11.2 Å². The van der Waals surface area contributed by atoms with Crippen LogP contribution in [0.25, 0.3) is 10.2 Å². The van der Waals surface area contributed by atoms with Crippen molar-refractivity contribution in [2.24, 2.45) is 0 Å². The first kappa shape index (κ1) is 19.2. The molecule has 3 heterocycles. The number of hydrogen-bond donors (Lipinski definition) is 1. The normalized spacial score (nSPS) is 11.1. The number of thiophene rings is 1. The SMILES string of the molecule is O=C(Cn1c(=O)n(Cc2ccco2)c(=O)c2sccc21)NCc1ccccc1Cl. The minimum Gasteiger partial charge on any atom is -0.467 e. The fraction of sp³-hybridized carbons (Fsp3) is 0.150. The Morgan fingerprint density at radius 1 is 1.10 bits per heavy atom. The van der Waals surface area contributed by atoms with Gasteiger partial charge in [-0.2, -0.15) is 0 Å². The lowest BCUT2D eigenvalue weighted by Gasteiger charge is -2.12. The molecule has 0 radical (unpaired) electrons. The molecular formula is C20H16ClN3O4S. The highest BCUT2D eigenvalue weighted by Gasteiger charge is 2.17. The fourth-order valence-corrected chi connectivity index (χ4v) is 4.06. The van der Waals surface area contributed by atoms with Crippen molar-refractivity contribution >= 4 is 39.1 Å². The third kappa shape index (κ3) is 3.90. The van der Waals surface area contributed by atoms with Crippen molar-refractivity contribution in [3.05, 3.63) is 91.3 Å². The zero-order valence-electron chi connectivity index (χ0n) is 15.1. The molecule has 0 bridgehead atoms. The lowest BCUT2D eigenvalue weighted by molar-refractivity contribution is -0.121. The first-order valence-corrected chi connectivity index (χ1v) is 10.0. The summed E-state index contributed by atoms with van der Waals surface area (Å²) >= 11 is 7.34. The maximum absolute atomic E-state index is 13.0. The van der Waals surface area contributed by atoms with Gasteiger partial charge in [-0.25, -0.2) is 4.79 Å². The third-order valence-electron chi connectivity index (χ3n) is 4.47. The number of aromatic nitrogens is 2. The number of nitrogens with zero attached hydrogens (tertiary/aromatic N) is 2. The molecular weight excluding hydrogens is 414 g/mol. The monoisotopic (exact) mass is 429 g/mol. The van der Waals surface area contributed by atoms with E-state index in [1.807, 2.05) is 18.2 Å². The van der Waals surface area contributed by atoms with Crippen molar-refractivity contribution < 1.29 is 9.21 Å². The van der Waals surface area contributed by atoms with Crippen molar-refractivity contribution in [2.45, 2.75) is 19.6 Å². The fourth-order valence-electron chi connectivity index (χ4n) is 3.02. The number of halogens is 1. The molecule has 3 aromatic heterocycles. The molecule has 1 aromatic carbocycles. The molecule has 1 amide bonds. The summed E-state index contributed by atoms with van der Waals surface area (Å²) in [4.78, 5) is 38.2. The van der Waals surface area contributed by atoms with Crippen molar-refractivity contribution in [2.75, 3.05) is 0 Å². The van der Waals surface area contributed by atoms with E-state index in [1.54, 1.807) is 29.6 Å². The van der Waals surface area contributed by atoms with Crippen molar-refractivity contribution in [1.29, 1.82) is 0 Å². The summed E-state index contributed by atoms with van der Waals surface area (Å²) in [5.41, 5.74) is 0.251. The summed E-state index contributed by atoms with van der Waals surface area (Å²) in [5, 5.41) is 5.04. The molecule has 4 rings (SSSR count). The van der Waals surface area contributed by atoms with Crippen LogP contribution in [0.2, 0.25) is 5.02 Å². The summed E-state index contributed by atoms with van der Waals surface area (Å²) in [6, 6.07) is 12.2. The van der Waals surface area contributed by atoms with E-state index in [-0.39, 0.29) is 25.5 Å². The van der Waals surface area contributed by atoms with E-state index in [0.29, 0.717) is 21.0 Å². The van der Waals surface area contributed by atoms with Gasteiger partial charge in [0.2, 0.25) is 5.91 Å². The zero-order chi connectivity index (χ0) is 20.4. The van der Waals surface area contributed by atoms with Gasteiger partial charge in [0.05, 0.1) is 18.3 Å². The Kier molecular flexibility index (Phi) is 5.37. The number of nitrogens with one attached hydrogen (secondary N) is 1. The van der Waals surface area contributed by atoms with E-state index in [2.05, 4.69) is 5.32 Å². The van der Waals surface area contributed by atoms with Gasteiger partial charge in [-0.1, -0.05) is 29.8 Å². The highest BCUT2D eigenvalue weighted by Crippen LogP contribution is 2.16. The smallest absolute Gasteiger partial charge is 0.332 e. The molecule has 0 saturated carbocycles. The van der Waals surface area contributed by atoms with Crippen LogP contribution >= 0.6 is 22.9 Å². The van der Waals surface area contributed by atoms with Gasteiger partial charge in [0, 0.05) is 11.6 Å². The van der Waals surface area contributed by atoms with Gasteiger partial charge in [-0.3, -0.25) is 18.7 Å². The lowest BCUT2D eigenvalue weighted by atomic mass is 10.2. The van der Waals surface area contributed by atoms with Gasteiger partial charge < -0.3 is 9.73 Å². The van der Waals surface area contributed by atoms with E-state index in [9.17, 15) is 14.4 Å². The maximum atomic E-state index is 13.0. The third-order valence-corrected chi connectivity index (χ3v) is 5.73. The molecule has 9 heteroatoms. The number of amides is 1. The molecule has 0 fully saturated rings. The minimum absolute atomic E-state index is 0.000249. The largest absolute Gasteiger partial charge is 0.467 e. The van der Waals surface area contributed by atoms with Crippen LogP contribution in [0.1, 0.15) is 11.3 Å². The molecule has 0 aliphatic heterocycles. The van der Waals surface area contributed by atoms with Crippen LogP contribution in [0.5, 0.6) is 0 Å². The average molecular weight is 430 g/mol. The number of carbonyl (C=O) groups is 1. The lowest BCUT2D eigenvalue weighted by Crippen LogP contribution is -2.42. The molecule has 0 unspecified atom stereocenters. The summed E-state index contributed by atoms with van der Waals surface area (Å²) in [6.45, 7) is 0.0285. The Hall–Kier alpha value is -3.10. The summed E-state index contributed by atoms with van der Waals surface area (Å²) in [6.07, 6.45) is 1.48. The van der Waals surface area contributed by atoms with Crippen LogP contribution in [0.3, 0.4) is 0 Å². The zero-order valence-corrected chi connectivity index (χ0v) is 16.7. The summed E-state index contributed by atoms with van der Waals surface area (Å²) in [5.74, 6) is 0.123. The first-order chi connectivity index (χ1) is 14.0. The van der Waals surface area contributed by atoms with Gasteiger partial charge >= 0.3 is 5.69 Å². The Labute approximate surface area is 173 Å². The van der Waals surface area contributed by atoms with Gasteiger partial charge in [0.25, 0.3) is 5.56 Å². The summed E-state index contributed by atoms with van der Waals surface area (Å²) in [7, 11) is 0. The van der Waals surface area contributed by atoms with Crippen LogP contribution in [0, 0.1) is 0 Å². The number of rotatable bonds is 6. The Balaban J connectivity index is 1.63. The molecule has 7 nitrogen and oxygen atoms in total. The molecule has 29 heavy (non-hydrogen) atoms. The van der Waals surface area contributed by atoms with Crippen LogP contribution in [-0.4, -0.2) is 15.0 Å². The Bertz CT molecular complexity index is 1290. The first-order valence-electron chi connectivity index (χ1n) is 8.78. The number of carbonyl (C=O) groups excluding carboxylic acids is 1. The Morgan fingerprint density at radius 2 is 1.93 bits per heavy atom. The van der Waals surface area contributed by atoms with Crippen LogP contribution < -0.4 is 16.6 Å². The molecule has 1 N–H and O–H groups in total. The molecule has 4 aromatic rings. The molecule has 0 spiro atoms. The van der Waals surface area contributed by atoms with E-state index in [4.69, 9.17) is 16.0 Å². The highest BCUT2D eigenvalue weighted by molar-refractivity contribution is 7.17. The molecule has 0 aliphatic rings. The standard InChI is InChI=1S/C20H16ClN3O4S/c21-15-6-2-1-4-13(15)10-22-17(25)12-23-16-7-9-29-18(16)19(26)24(20(23)27)11-14-5-3-8-28-14/h1-9H,10-12H2,(H,22,25). The van der Waals surface area contributed by atoms with E-state index in [1.165, 1.54) is 22.2 Å². The predicted octanol–water partition coefficient (Wildman–Crippen LogP) is 2.84. The second-order valence-corrected chi connectivity index (χ2v) is 7.67. The van der Waals surface area contributed by atoms with Crippen molar-refractivity contribution in [3.63, 3.8) is 0 Å². The molecule has 148 valence electrons. The topological polar surface area (TPSA) is 86.2 Å². The summed E-state index contributed by atoms with van der Waals surface area (Å²) < 4.78 is 8.06. The number of hydrogen-bond acceptors (Lipinski definition) is 5. The Morgan fingerprint density at radius 3 is 2.69 bits per heavy atom. The van der Waals surface area contributed by atoms with Crippen LogP contribution in [-0.2, 0) is 24.4 Å². The van der Waals surface area contributed by atoms with E-state index >= 15 is 0 Å². The van der Waals surface area contributed by atoms with Crippen molar-refractivity contribution in [1.82, 2.24) is 14.5 Å². The van der Waals surface area contributed by atoms with Crippen LogP contribution in [0.15, 0.2) is 68.1 Å². The minimum atomic E-state index is -0.565. The second kappa shape index (κ2) is 8.10.